The normalized spacial score (nSPS) is 24.9. The van der Waals surface area contributed by atoms with Gasteiger partial charge in [0, 0.05) is 12.8 Å². The number of allylic oxidation sites excluding steroid dienone is 1. The largest absolute Gasteiger partial charge is 0.511 e. The molecular formula is C11H17NO2S. The van der Waals surface area contributed by atoms with Gasteiger partial charge in [0.05, 0.1) is 5.57 Å². The number of rotatable bonds is 1. The van der Waals surface area contributed by atoms with Crippen molar-refractivity contribution in [2.45, 2.75) is 44.9 Å². The number of thiocarbonyl (C=S) groups is 1. The fourth-order valence-corrected chi connectivity index (χ4v) is 2.03. The number of Topliss-reactive ketones (excluding diaryl/α,β-unsaturated/α-hetero) is 1. The van der Waals surface area contributed by atoms with Crippen molar-refractivity contribution >= 4 is 23.0 Å². The quantitative estimate of drug-likeness (QED) is 0.675. The fraction of sp³-hybridized carbons (Fsp3) is 0.636. The summed E-state index contributed by atoms with van der Waals surface area (Å²) in [5, 5.41) is 9.72. The Hall–Kier alpha value is -0.900. The Labute approximate surface area is 95.3 Å². The highest BCUT2D eigenvalue weighted by Crippen LogP contribution is 2.18. The van der Waals surface area contributed by atoms with Crippen molar-refractivity contribution in [1.29, 1.82) is 0 Å². The van der Waals surface area contributed by atoms with E-state index in [4.69, 9.17) is 18.0 Å². The predicted molar refractivity (Wildman–Crippen MR) is 63.8 cm³/mol. The lowest BCUT2D eigenvalue weighted by Crippen LogP contribution is -2.21. The zero-order valence-corrected chi connectivity index (χ0v) is 9.61. The smallest absolute Gasteiger partial charge is 0.169 e. The summed E-state index contributed by atoms with van der Waals surface area (Å²) in [6.45, 7) is 0. The Morgan fingerprint density at radius 2 is 1.67 bits per heavy atom. The van der Waals surface area contributed by atoms with Gasteiger partial charge in [-0.3, -0.25) is 4.79 Å². The molecule has 0 unspecified atom stereocenters. The van der Waals surface area contributed by atoms with Gasteiger partial charge in [-0.2, -0.15) is 0 Å². The first kappa shape index (κ1) is 12.2. The molecule has 0 radical (unpaired) electrons. The maximum Gasteiger partial charge on any atom is 0.169 e. The van der Waals surface area contributed by atoms with Crippen LogP contribution in [0.1, 0.15) is 44.9 Å². The van der Waals surface area contributed by atoms with Gasteiger partial charge < -0.3 is 10.8 Å². The lowest BCUT2D eigenvalue weighted by molar-refractivity contribution is -0.115. The van der Waals surface area contributed by atoms with E-state index in [0.29, 0.717) is 12.8 Å². The number of carbonyl (C=O) groups excluding carboxylic acids is 1. The molecule has 4 heteroatoms. The van der Waals surface area contributed by atoms with E-state index < -0.39 is 0 Å². The number of carbonyl (C=O) groups is 1. The number of nitrogens with two attached hydrogens (primary N) is 1. The highest BCUT2D eigenvalue weighted by atomic mass is 32.1. The van der Waals surface area contributed by atoms with Crippen LogP contribution in [0.2, 0.25) is 0 Å². The van der Waals surface area contributed by atoms with E-state index in [0.717, 1.165) is 32.1 Å². The molecule has 0 saturated heterocycles. The molecule has 3 N–H and O–H groups in total. The maximum atomic E-state index is 11.7. The molecule has 1 aliphatic carbocycles. The van der Waals surface area contributed by atoms with Crippen LogP contribution in [0, 0.1) is 0 Å². The monoisotopic (exact) mass is 227 g/mol. The zero-order valence-electron chi connectivity index (χ0n) is 8.79. The van der Waals surface area contributed by atoms with Gasteiger partial charge in [0.1, 0.15) is 10.7 Å². The highest BCUT2D eigenvalue weighted by Gasteiger charge is 2.18. The van der Waals surface area contributed by atoms with Crippen molar-refractivity contribution in [3.8, 4) is 0 Å². The second kappa shape index (κ2) is 5.85. The molecule has 0 aromatic heterocycles. The van der Waals surface area contributed by atoms with Gasteiger partial charge in [-0.05, 0) is 12.8 Å². The Morgan fingerprint density at radius 3 is 2.27 bits per heavy atom. The molecule has 0 aliphatic heterocycles. The molecule has 0 spiro atoms. The second-order valence-electron chi connectivity index (χ2n) is 3.88. The standard InChI is InChI=1S/C11H17NO2S/c12-11(15)10-8(13)6-4-2-1-3-5-7-9(10)14/h13H,1-7H2,(H2,12,15)/b10-8-. The molecule has 15 heavy (non-hydrogen) atoms. The first-order chi connectivity index (χ1) is 7.13. The summed E-state index contributed by atoms with van der Waals surface area (Å²) in [4.78, 5) is 11.7. The molecule has 0 aromatic carbocycles. The van der Waals surface area contributed by atoms with Gasteiger partial charge in [-0.15, -0.1) is 0 Å². The minimum atomic E-state index is -0.109. The summed E-state index contributed by atoms with van der Waals surface area (Å²) in [7, 11) is 0. The first-order valence-electron chi connectivity index (χ1n) is 5.38. The summed E-state index contributed by atoms with van der Waals surface area (Å²) in [6, 6.07) is 0. The van der Waals surface area contributed by atoms with Crippen LogP contribution in [0.15, 0.2) is 11.3 Å². The van der Waals surface area contributed by atoms with Crippen LogP contribution in [-0.2, 0) is 4.79 Å². The van der Waals surface area contributed by atoms with Gasteiger partial charge in [0.25, 0.3) is 0 Å². The van der Waals surface area contributed by atoms with E-state index in [2.05, 4.69) is 0 Å². The van der Waals surface area contributed by atoms with Crippen LogP contribution in [0.3, 0.4) is 0 Å². The molecule has 0 aromatic rings. The van der Waals surface area contributed by atoms with Crippen molar-refractivity contribution < 1.29 is 9.90 Å². The third-order valence-electron chi connectivity index (χ3n) is 2.63. The van der Waals surface area contributed by atoms with Crippen molar-refractivity contribution in [1.82, 2.24) is 0 Å². The molecule has 0 atom stereocenters. The number of hydrogen-bond acceptors (Lipinski definition) is 3. The minimum absolute atomic E-state index is 0.0260. The van der Waals surface area contributed by atoms with Crippen molar-refractivity contribution in [3.63, 3.8) is 0 Å². The van der Waals surface area contributed by atoms with Crippen LogP contribution >= 0.6 is 12.2 Å². The van der Waals surface area contributed by atoms with Crippen LogP contribution in [0.25, 0.3) is 0 Å². The Kier molecular flexibility index (Phi) is 4.75. The van der Waals surface area contributed by atoms with Gasteiger partial charge >= 0.3 is 0 Å². The third-order valence-corrected chi connectivity index (χ3v) is 2.84. The van der Waals surface area contributed by atoms with E-state index in [-0.39, 0.29) is 22.1 Å². The molecular weight excluding hydrogens is 210 g/mol. The third kappa shape index (κ3) is 3.63. The number of aliphatic hydroxyl groups excluding tert-OH is 1. The summed E-state index contributed by atoms with van der Waals surface area (Å²) in [6.07, 6.45) is 5.99. The average Bonchev–Trinajstić information content (AvgIpc) is 2.15. The molecule has 0 saturated carbocycles. The van der Waals surface area contributed by atoms with Gasteiger partial charge in [0.2, 0.25) is 0 Å². The number of hydrogen-bond donors (Lipinski definition) is 2. The lowest BCUT2D eigenvalue weighted by Gasteiger charge is -2.11. The zero-order chi connectivity index (χ0) is 11.3. The topological polar surface area (TPSA) is 63.3 Å². The van der Waals surface area contributed by atoms with Crippen molar-refractivity contribution in [2.24, 2.45) is 5.73 Å². The van der Waals surface area contributed by atoms with Gasteiger partial charge in [0.15, 0.2) is 5.78 Å². The lowest BCUT2D eigenvalue weighted by atomic mass is 9.98. The van der Waals surface area contributed by atoms with E-state index in [1.165, 1.54) is 0 Å². The summed E-state index contributed by atoms with van der Waals surface area (Å²) < 4.78 is 0. The highest BCUT2D eigenvalue weighted by molar-refractivity contribution is 7.80. The Balaban J connectivity index is 2.87. The van der Waals surface area contributed by atoms with Crippen LogP contribution < -0.4 is 5.73 Å². The number of aliphatic hydroxyl groups is 1. The van der Waals surface area contributed by atoms with E-state index in [1.807, 2.05) is 0 Å². The molecule has 0 heterocycles. The molecule has 0 bridgehead atoms. The Morgan fingerprint density at radius 1 is 1.13 bits per heavy atom. The molecule has 3 nitrogen and oxygen atoms in total. The van der Waals surface area contributed by atoms with E-state index in [9.17, 15) is 9.90 Å². The van der Waals surface area contributed by atoms with Gasteiger partial charge in [-0.1, -0.05) is 31.5 Å². The fourth-order valence-electron chi connectivity index (χ4n) is 1.80. The minimum Gasteiger partial charge on any atom is -0.511 e. The van der Waals surface area contributed by atoms with Crippen LogP contribution in [0.4, 0.5) is 0 Å². The van der Waals surface area contributed by atoms with Crippen LogP contribution in [-0.4, -0.2) is 15.9 Å². The SMILES string of the molecule is NC(=S)/C1=C(\O)CCCCCCCC1=O. The molecule has 1 aliphatic rings. The second-order valence-corrected chi connectivity index (χ2v) is 4.32. The predicted octanol–water partition coefficient (Wildman–Crippen LogP) is 2.40. The van der Waals surface area contributed by atoms with Gasteiger partial charge in [-0.25, -0.2) is 0 Å². The van der Waals surface area contributed by atoms with E-state index in [1.54, 1.807) is 0 Å². The average molecular weight is 227 g/mol. The summed E-state index contributed by atoms with van der Waals surface area (Å²) in [5.74, 6) is -0.0312. The van der Waals surface area contributed by atoms with Crippen molar-refractivity contribution in [3.05, 3.63) is 11.3 Å². The van der Waals surface area contributed by atoms with Crippen molar-refractivity contribution in [2.75, 3.05) is 0 Å². The summed E-state index contributed by atoms with van der Waals surface area (Å²) in [5.41, 5.74) is 5.64. The summed E-state index contributed by atoms with van der Waals surface area (Å²) >= 11 is 4.79. The van der Waals surface area contributed by atoms with E-state index >= 15 is 0 Å². The molecule has 1 rings (SSSR count). The first-order valence-corrected chi connectivity index (χ1v) is 5.79. The molecule has 84 valence electrons. The number of ketones is 1. The maximum absolute atomic E-state index is 11.7. The molecule has 0 amide bonds. The Bertz CT molecular complexity index is 297. The van der Waals surface area contributed by atoms with Crippen LogP contribution in [0.5, 0.6) is 0 Å². The molecule has 0 fully saturated rings.